The van der Waals surface area contributed by atoms with Crippen molar-refractivity contribution in [2.75, 3.05) is 47.1 Å². The van der Waals surface area contributed by atoms with E-state index in [0.717, 1.165) is 5.56 Å². The largest absolute Gasteiger partial charge is 0.497 e. The maximum absolute atomic E-state index is 9.02. The molecule has 0 fully saturated rings. The van der Waals surface area contributed by atoms with Crippen molar-refractivity contribution < 1.29 is 19.7 Å². The molecule has 0 saturated carbocycles. The molecule has 6 heteroatoms. The number of nitrogens with zero attached hydrogens (tertiary/aromatic N) is 1. The van der Waals surface area contributed by atoms with Gasteiger partial charge in [0.15, 0.2) is 0 Å². The lowest BCUT2D eigenvalue weighted by molar-refractivity contribution is 0.161. The van der Waals surface area contributed by atoms with E-state index in [2.05, 4.69) is 0 Å². The van der Waals surface area contributed by atoms with Crippen molar-refractivity contribution in [2.45, 2.75) is 5.38 Å². The van der Waals surface area contributed by atoms with Crippen molar-refractivity contribution in [1.82, 2.24) is 4.90 Å². The van der Waals surface area contributed by atoms with Gasteiger partial charge in [0.2, 0.25) is 0 Å². The lowest BCUT2D eigenvalue weighted by atomic mass is 10.1. The van der Waals surface area contributed by atoms with Gasteiger partial charge >= 0.3 is 0 Å². The zero-order valence-corrected chi connectivity index (χ0v) is 12.6. The van der Waals surface area contributed by atoms with Gasteiger partial charge in [-0.2, -0.15) is 0 Å². The molecule has 0 aliphatic rings. The first-order valence-corrected chi connectivity index (χ1v) is 6.90. The van der Waals surface area contributed by atoms with E-state index < -0.39 is 0 Å². The highest BCUT2D eigenvalue weighted by Crippen LogP contribution is 2.33. The molecular weight excluding hydrogens is 282 g/mol. The summed E-state index contributed by atoms with van der Waals surface area (Å²) in [5, 5.41) is 17.7. The second-order valence-corrected chi connectivity index (χ2v) is 4.85. The van der Waals surface area contributed by atoms with Gasteiger partial charge in [-0.1, -0.05) is 0 Å². The summed E-state index contributed by atoms with van der Waals surface area (Å²) in [6, 6.07) is 5.46. The quantitative estimate of drug-likeness (QED) is 0.673. The van der Waals surface area contributed by atoms with Gasteiger partial charge < -0.3 is 19.7 Å². The first-order valence-electron chi connectivity index (χ1n) is 6.46. The molecule has 20 heavy (non-hydrogen) atoms. The number of aliphatic hydroxyl groups is 2. The summed E-state index contributed by atoms with van der Waals surface area (Å²) in [4.78, 5) is 1.90. The molecule has 0 aliphatic heterocycles. The molecule has 0 radical (unpaired) electrons. The van der Waals surface area contributed by atoms with Crippen LogP contribution in [0.3, 0.4) is 0 Å². The SMILES string of the molecule is COc1ccc(OC)c(C(Cl)CN(CCO)CCO)c1. The molecule has 5 nitrogen and oxygen atoms in total. The van der Waals surface area contributed by atoms with Gasteiger partial charge in [0, 0.05) is 25.2 Å². The van der Waals surface area contributed by atoms with Gasteiger partial charge in [-0.3, -0.25) is 4.90 Å². The van der Waals surface area contributed by atoms with Gasteiger partial charge in [-0.15, -0.1) is 11.6 Å². The standard InChI is InChI=1S/C14H22ClNO4/c1-19-11-3-4-14(20-2)12(9-11)13(15)10-16(5-7-17)6-8-18/h3-4,9,13,17-18H,5-8,10H2,1-2H3. The van der Waals surface area contributed by atoms with Crippen LogP contribution in [0.2, 0.25) is 0 Å². The highest BCUT2D eigenvalue weighted by molar-refractivity contribution is 6.21. The van der Waals surface area contributed by atoms with Crippen molar-refractivity contribution in [3.8, 4) is 11.5 Å². The zero-order valence-electron chi connectivity index (χ0n) is 11.9. The summed E-state index contributed by atoms with van der Waals surface area (Å²) in [6.07, 6.45) is 0. The molecule has 0 heterocycles. The minimum atomic E-state index is -0.321. The Morgan fingerprint density at radius 3 is 2.30 bits per heavy atom. The highest BCUT2D eigenvalue weighted by atomic mass is 35.5. The minimum absolute atomic E-state index is 0.0266. The van der Waals surface area contributed by atoms with Crippen LogP contribution in [0.1, 0.15) is 10.9 Å². The molecule has 0 bridgehead atoms. The van der Waals surface area contributed by atoms with Crippen LogP contribution >= 0.6 is 11.6 Å². The topological polar surface area (TPSA) is 62.2 Å². The van der Waals surface area contributed by atoms with Gasteiger partial charge in [-0.25, -0.2) is 0 Å². The van der Waals surface area contributed by atoms with Crippen LogP contribution in [-0.4, -0.2) is 62.2 Å². The number of ether oxygens (including phenoxy) is 2. The average Bonchev–Trinajstić information content (AvgIpc) is 2.47. The molecule has 1 unspecified atom stereocenters. The normalized spacial score (nSPS) is 12.5. The van der Waals surface area contributed by atoms with Gasteiger partial charge in [0.1, 0.15) is 11.5 Å². The fourth-order valence-corrected chi connectivity index (χ4v) is 2.35. The minimum Gasteiger partial charge on any atom is -0.497 e. The first kappa shape index (κ1) is 17.0. The van der Waals surface area contributed by atoms with E-state index >= 15 is 0 Å². The Balaban J connectivity index is 2.85. The number of alkyl halides is 1. The van der Waals surface area contributed by atoms with Crippen molar-refractivity contribution in [3.05, 3.63) is 23.8 Å². The van der Waals surface area contributed by atoms with Crippen molar-refractivity contribution in [3.63, 3.8) is 0 Å². The molecule has 1 aromatic carbocycles. The molecule has 0 aliphatic carbocycles. The van der Waals surface area contributed by atoms with Crippen molar-refractivity contribution in [2.24, 2.45) is 0 Å². The van der Waals surface area contributed by atoms with Crippen LogP contribution in [0.5, 0.6) is 11.5 Å². The Kier molecular flexibility index (Phi) is 7.69. The molecule has 0 amide bonds. The first-order chi connectivity index (χ1) is 9.65. The Hall–Kier alpha value is -1.01. The summed E-state index contributed by atoms with van der Waals surface area (Å²) >= 11 is 6.44. The number of hydrogen-bond acceptors (Lipinski definition) is 5. The molecule has 0 spiro atoms. The summed E-state index contributed by atoms with van der Waals surface area (Å²) in [5.74, 6) is 1.40. The van der Waals surface area contributed by atoms with Crippen LogP contribution in [0.25, 0.3) is 0 Å². The third-order valence-corrected chi connectivity index (χ3v) is 3.40. The van der Waals surface area contributed by atoms with E-state index in [9.17, 15) is 0 Å². The van der Waals surface area contributed by atoms with Crippen molar-refractivity contribution in [1.29, 1.82) is 0 Å². The van der Waals surface area contributed by atoms with E-state index in [0.29, 0.717) is 31.1 Å². The average molecular weight is 304 g/mol. The second kappa shape index (κ2) is 9.02. The fraction of sp³-hybridized carbons (Fsp3) is 0.571. The molecule has 0 aromatic heterocycles. The van der Waals surface area contributed by atoms with Crippen molar-refractivity contribution >= 4 is 11.6 Å². The smallest absolute Gasteiger partial charge is 0.123 e. The summed E-state index contributed by atoms with van der Waals surface area (Å²) in [6.45, 7) is 1.50. The number of halogens is 1. The third kappa shape index (κ3) is 4.83. The van der Waals surface area contributed by atoms with E-state index in [4.69, 9.17) is 31.3 Å². The lowest BCUT2D eigenvalue weighted by Crippen LogP contribution is -2.32. The molecule has 1 rings (SSSR count). The third-order valence-electron chi connectivity index (χ3n) is 3.03. The Morgan fingerprint density at radius 2 is 1.80 bits per heavy atom. The predicted octanol–water partition coefficient (Wildman–Crippen LogP) is 1.27. The number of rotatable bonds is 9. The van der Waals surface area contributed by atoms with E-state index in [1.807, 2.05) is 23.1 Å². The van der Waals surface area contributed by atoms with Crippen LogP contribution in [-0.2, 0) is 0 Å². The van der Waals surface area contributed by atoms with Gasteiger partial charge in [0.25, 0.3) is 0 Å². The lowest BCUT2D eigenvalue weighted by Gasteiger charge is -2.24. The highest BCUT2D eigenvalue weighted by Gasteiger charge is 2.18. The van der Waals surface area contributed by atoms with Gasteiger partial charge in [-0.05, 0) is 18.2 Å². The number of hydrogen-bond donors (Lipinski definition) is 2. The number of methoxy groups -OCH3 is 2. The van der Waals surface area contributed by atoms with E-state index in [1.54, 1.807) is 14.2 Å². The molecule has 2 N–H and O–H groups in total. The maximum atomic E-state index is 9.02. The maximum Gasteiger partial charge on any atom is 0.123 e. The predicted molar refractivity (Wildman–Crippen MR) is 78.8 cm³/mol. The van der Waals surface area contributed by atoms with Crippen LogP contribution in [0, 0.1) is 0 Å². The number of benzene rings is 1. The molecule has 114 valence electrons. The zero-order chi connectivity index (χ0) is 15.0. The van der Waals surface area contributed by atoms with Gasteiger partial charge in [0.05, 0.1) is 32.8 Å². The Labute approximate surface area is 124 Å². The second-order valence-electron chi connectivity index (χ2n) is 4.32. The van der Waals surface area contributed by atoms with Crippen LogP contribution < -0.4 is 9.47 Å². The Morgan fingerprint density at radius 1 is 1.15 bits per heavy atom. The van der Waals surface area contributed by atoms with E-state index in [-0.39, 0.29) is 18.6 Å². The fourth-order valence-electron chi connectivity index (χ4n) is 1.99. The van der Waals surface area contributed by atoms with Crippen LogP contribution in [0.15, 0.2) is 18.2 Å². The summed E-state index contributed by atoms with van der Waals surface area (Å²) in [7, 11) is 3.19. The molecule has 1 aromatic rings. The molecular formula is C14H22ClNO4. The Bertz CT molecular complexity index is 397. The monoisotopic (exact) mass is 303 g/mol. The van der Waals surface area contributed by atoms with Crippen LogP contribution in [0.4, 0.5) is 0 Å². The number of aliphatic hydroxyl groups excluding tert-OH is 2. The summed E-state index contributed by atoms with van der Waals surface area (Å²) < 4.78 is 10.5. The summed E-state index contributed by atoms with van der Waals surface area (Å²) in [5.41, 5.74) is 0.828. The molecule has 1 atom stereocenters. The molecule has 0 saturated heterocycles. The van der Waals surface area contributed by atoms with E-state index in [1.165, 1.54) is 0 Å².